The lowest BCUT2D eigenvalue weighted by atomic mass is 10.2. The van der Waals surface area contributed by atoms with Crippen molar-refractivity contribution in [1.29, 1.82) is 0 Å². The van der Waals surface area contributed by atoms with Crippen LogP contribution in [0.4, 0.5) is 11.4 Å². The molecule has 1 aromatic heterocycles. The summed E-state index contributed by atoms with van der Waals surface area (Å²) in [5.41, 5.74) is 2.55. The summed E-state index contributed by atoms with van der Waals surface area (Å²) in [6.45, 7) is 2.72. The second-order valence-corrected chi connectivity index (χ2v) is 8.16. The molecule has 0 saturated heterocycles. The van der Waals surface area contributed by atoms with Crippen molar-refractivity contribution in [2.24, 2.45) is 0 Å². The molecule has 1 heterocycles. The summed E-state index contributed by atoms with van der Waals surface area (Å²) in [5, 5.41) is 12.8. The summed E-state index contributed by atoms with van der Waals surface area (Å²) < 4.78 is 2.00. The van der Waals surface area contributed by atoms with Crippen LogP contribution in [0.5, 0.6) is 0 Å². The number of rotatable bonds is 7. The highest BCUT2D eigenvalue weighted by atomic mass is 35.5. The molecule has 9 heteroatoms. The van der Waals surface area contributed by atoms with Crippen molar-refractivity contribution in [3.05, 3.63) is 52.5 Å². The number of thioether (sulfide) groups is 1. The lowest BCUT2D eigenvalue weighted by Crippen LogP contribution is -2.15. The van der Waals surface area contributed by atoms with E-state index in [1.165, 1.54) is 11.8 Å². The van der Waals surface area contributed by atoms with Crippen molar-refractivity contribution >= 4 is 52.2 Å². The first-order valence-electron chi connectivity index (χ1n) is 8.98. The van der Waals surface area contributed by atoms with Crippen LogP contribution >= 0.6 is 35.0 Å². The molecule has 1 amide bonds. The van der Waals surface area contributed by atoms with Crippen molar-refractivity contribution in [1.82, 2.24) is 14.8 Å². The van der Waals surface area contributed by atoms with Gasteiger partial charge in [0.2, 0.25) is 5.91 Å². The minimum atomic E-state index is -0.194. The smallest absolute Gasteiger partial charge is 0.234 e. The van der Waals surface area contributed by atoms with Gasteiger partial charge in [0.25, 0.3) is 0 Å². The van der Waals surface area contributed by atoms with Gasteiger partial charge >= 0.3 is 0 Å². The Hall–Kier alpha value is -2.22. The molecule has 3 aromatic rings. The van der Waals surface area contributed by atoms with Crippen molar-refractivity contribution in [3.8, 4) is 11.4 Å². The summed E-state index contributed by atoms with van der Waals surface area (Å²) in [5.74, 6) is 0.761. The van der Waals surface area contributed by atoms with Crippen LogP contribution in [-0.4, -0.2) is 40.5 Å². The third-order valence-corrected chi connectivity index (χ3v) is 6.00. The topological polar surface area (TPSA) is 63.1 Å². The van der Waals surface area contributed by atoms with Crippen molar-refractivity contribution in [2.45, 2.75) is 18.6 Å². The molecule has 0 aliphatic heterocycles. The first-order chi connectivity index (χ1) is 13.9. The third kappa shape index (κ3) is 5.04. The number of carbonyl (C=O) groups is 1. The molecule has 0 bridgehead atoms. The number of hydrogen-bond donors (Lipinski definition) is 1. The van der Waals surface area contributed by atoms with E-state index in [0.717, 1.165) is 17.1 Å². The van der Waals surface area contributed by atoms with Crippen LogP contribution in [0.15, 0.2) is 47.6 Å². The predicted molar refractivity (Wildman–Crippen MR) is 121 cm³/mol. The number of carbonyl (C=O) groups excluding carboxylic acids is 1. The van der Waals surface area contributed by atoms with E-state index in [1.54, 1.807) is 18.2 Å². The molecular formula is C20H21Cl2N5OS. The normalized spacial score (nSPS) is 10.8. The van der Waals surface area contributed by atoms with Gasteiger partial charge in [-0.1, -0.05) is 53.2 Å². The van der Waals surface area contributed by atoms with E-state index in [0.29, 0.717) is 27.4 Å². The highest BCUT2D eigenvalue weighted by molar-refractivity contribution is 7.99. The Bertz CT molecular complexity index is 1020. The largest absolute Gasteiger partial charge is 0.378 e. The number of hydrogen-bond acceptors (Lipinski definition) is 5. The number of amides is 1. The van der Waals surface area contributed by atoms with Gasteiger partial charge in [0.15, 0.2) is 11.0 Å². The number of anilines is 2. The fourth-order valence-corrected chi connectivity index (χ4v) is 3.88. The summed E-state index contributed by atoms with van der Waals surface area (Å²) in [6, 6.07) is 13.2. The molecule has 0 saturated carbocycles. The SMILES string of the molecule is CCn1c(SCC(=O)Nc2cccc(Cl)c2Cl)nnc1-c1cccc(N(C)C)c1. The number of halogens is 2. The van der Waals surface area contributed by atoms with Crippen molar-refractivity contribution < 1.29 is 4.79 Å². The lowest BCUT2D eigenvalue weighted by molar-refractivity contribution is -0.113. The first kappa shape index (κ1) is 21.5. The fourth-order valence-electron chi connectivity index (χ4n) is 2.73. The average molecular weight is 450 g/mol. The highest BCUT2D eigenvalue weighted by Gasteiger charge is 2.16. The van der Waals surface area contributed by atoms with Crippen LogP contribution in [0.3, 0.4) is 0 Å². The number of nitrogens with one attached hydrogen (secondary N) is 1. The molecular weight excluding hydrogens is 429 g/mol. The van der Waals surface area contributed by atoms with Gasteiger partial charge in [-0.15, -0.1) is 10.2 Å². The molecule has 0 aliphatic carbocycles. The maximum atomic E-state index is 12.3. The minimum absolute atomic E-state index is 0.179. The Morgan fingerprint density at radius 1 is 1.17 bits per heavy atom. The Balaban J connectivity index is 1.73. The third-order valence-electron chi connectivity index (χ3n) is 4.21. The monoisotopic (exact) mass is 449 g/mol. The van der Waals surface area contributed by atoms with E-state index in [1.807, 2.05) is 48.7 Å². The standard InChI is InChI=1S/C20H21Cl2N5OS/c1-4-27-19(13-7-5-8-14(11-13)26(2)3)24-25-20(27)29-12-17(28)23-16-10-6-9-15(21)18(16)22/h5-11H,4,12H2,1-3H3,(H,23,28). The molecule has 3 rings (SSSR count). The maximum Gasteiger partial charge on any atom is 0.234 e. The van der Waals surface area contributed by atoms with Gasteiger partial charge < -0.3 is 14.8 Å². The zero-order chi connectivity index (χ0) is 21.0. The molecule has 0 aliphatic rings. The second-order valence-electron chi connectivity index (χ2n) is 6.43. The van der Waals surface area contributed by atoms with Crippen molar-refractivity contribution in [3.63, 3.8) is 0 Å². The van der Waals surface area contributed by atoms with Gasteiger partial charge in [0.1, 0.15) is 0 Å². The predicted octanol–water partition coefficient (Wildman–Crippen LogP) is 5.07. The van der Waals surface area contributed by atoms with E-state index in [-0.39, 0.29) is 11.7 Å². The van der Waals surface area contributed by atoms with E-state index < -0.39 is 0 Å². The van der Waals surface area contributed by atoms with Crippen LogP contribution in [0.2, 0.25) is 10.0 Å². The number of nitrogens with zero attached hydrogens (tertiary/aromatic N) is 4. The summed E-state index contributed by atoms with van der Waals surface area (Å²) in [6.07, 6.45) is 0. The van der Waals surface area contributed by atoms with Crippen LogP contribution in [0.1, 0.15) is 6.92 Å². The van der Waals surface area contributed by atoms with E-state index in [2.05, 4.69) is 21.6 Å². The van der Waals surface area contributed by atoms with Crippen LogP contribution in [-0.2, 0) is 11.3 Å². The summed E-state index contributed by atoms with van der Waals surface area (Å²) in [7, 11) is 3.99. The molecule has 2 aromatic carbocycles. The van der Waals surface area contributed by atoms with Crippen LogP contribution < -0.4 is 10.2 Å². The minimum Gasteiger partial charge on any atom is -0.378 e. The molecule has 29 heavy (non-hydrogen) atoms. The zero-order valence-corrected chi connectivity index (χ0v) is 18.6. The Morgan fingerprint density at radius 3 is 2.66 bits per heavy atom. The average Bonchev–Trinajstić information content (AvgIpc) is 3.13. The summed E-state index contributed by atoms with van der Waals surface area (Å²) >= 11 is 13.4. The maximum absolute atomic E-state index is 12.3. The second kappa shape index (κ2) is 9.52. The Kier molecular flexibility index (Phi) is 7.05. The van der Waals surface area contributed by atoms with E-state index >= 15 is 0 Å². The molecule has 0 spiro atoms. The van der Waals surface area contributed by atoms with E-state index in [4.69, 9.17) is 23.2 Å². The van der Waals surface area contributed by atoms with Gasteiger partial charge in [0, 0.05) is 31.9 Å². The molecule has 1 N–H and O–H groups in total. The van der Waals surface area contributed by atoms with Crippen LogP contribution in [0.25, 0.3) is 11.4 Å². The van der Waals surface area contributed by atoms with Crippen LogP contribution in [0, 0.1) is 0 Å². The Morgan fingerprint density at radius 2 is 1.93 bits per heavy atom. The molecule has 0 radical (unpaired) electrons. The molecule has 152 valence electrons. The fraction of sp³-hybridized carbons (Fsp3) is 0.250. The number of aromatic nitrogens is 3. The van der Waals surface area contributed by atoms with Crippen molar-refractivity contribution in [2.75, 3.05) is 30.1 Å². The number of benzene rings is 2. The van der Waals surface area contributed by atoms with Gasteiger partial charge in [-0.3, -0.25) is 4.79 Å². The molecule has 0 atom stereocenters. The van der Waals surface area contributed by atoms with Gasteiger partial charge in [-0.2, -0.15) is 0 Å². The Labute approximate surface area is 184 Å². The molecule has 6 nitrogen and oxygen atoms in total. The highest BCUT2D eigenvalue weighted by Crippen LogP contribution is 2.30. The zero-order valence-electron chi connectivity index (χ0n) is 16.3. The lowest BCUT2D eigenvalue weighted by Gasteiger charge is -2.14. The van der Waals surface area contributed by atoms with Gasteiger partial charge in [-0.05, 0) is 31.2 Å². The van der Waals surface area contributed by atoms with Gasteiger partial charge in [0.05, 0.1) is 21.5 Å². The molecule has 0 fully saturated rings. The van der Waals surface area contributed by atoms with E-state index in [9.17, 15) is 4.79 Å². The summed E-state index contributed by atoms with van der Waals surface area (Å²) in [4.78, 5) is 14.4. The van der Waals surface area contributed by atoms with Gasteiger partial charge in [-0.25, -0.2) is 0 Å². The first-order valence-corrected chi connectivity index (χ1v) is 10.7. The molecule has 0 unspecified atom stereocenters. The quantitative estimate of drug-likeness (QED) is 0.510.